The molecule has 2 unspecified atom stereocenters. The lowest BCUT2D eigenvalue weighted by Gasteiger charge is -2.60. The van der Waals surface area contributed by atoms with Crippen LogP contribution in [0.3, 0.4) is 0 Å². The van der Waals surface area contributed by atoms with E-state index in [0.29, 0.717) is 16.0 Å². The normalized spacial score (nSPS) is 37.1. The van der Waals surface area contributed by atoms with Gasteiger partial charge < -0.3 is 18.3 Å². The van der Waals surface area contributed by atoms with Crippen LogP contribution in [-0.2, 0) is 13.1 Å². The topological polar surface area (TPSA) is 54.1 Å². The third-order valence-electron chi connectivity index (χ3n) is 10.4. The van der Waals surface area contributed by atoms with E-state index in [0.717, 1.165) is 56.9 Å². The Hall–Kier alpha value is -2.01. The lowest BCUT2D eigenvalue weighted by atomic mass is 9.71. The summed E-state index contributed by atoms with van der Waals surface area (Å²) in [5.41, 5.74) is 4.63. The van der Waals surface area contributed by atoms with Gasteiger partial charge in [-0.2, -0.15) is 9.97 Å². The number of fused-ring (bicyclic) bond motifs is 10. The van der Waals surface area contributed by atoms with Crippen molar-refractivity contribution in [3.05, 3.63) is 45.3 Å². The third kappa shape index (κ3) is 3.86. The highest BCUT2D eigenvalue weighted by atomic mass is 79.9. The molecule has 0 N–H and O–H groups in total. The number of halogens is 2. The van der Waals surface area contributed by atoms with Gasteiger partial charge in [0.15, 0.2) is 27.2 Å². The fraction of sp³-hybridized carbons (Fsp3) is 0.533. The Morgan fingerprint density at radius 2 is 1.19 bits per heavy atom. The molecule has 6 saturated heterocycles. The van der Waals surface area contributed by atoms with Crippen molar-refractivity contribution in [1.82, 2.24) is 19.1 Å². The van der Waals surface area contributed by atoms with Gasteiger partial charge in [-0.3, -0.25) is 9.13 Å². The second kappa shape index (κ2) is 8.79. The van der Waals surface area contributed by atoms with E-state index in [1.54, 1.807) is 0 Å². The van der Waals surface area contributed by atoms with E-state index in [1.165, 1.54) is 84.8 Å². The molecular weight excluding hydrogens is 658 g/mol. The predicted octanol–water partition coefficient (Wildman–Crippen LogP) is 2.90. The van der Waals surface area contributed by atoms with E-state index in [2.05, 4.69) is 77.4 Å². The summed E-state index contributed by atoms with van der Waals surface area (Å²) in [5.74, 6) is 1.47. The molecule has 8 nitrogen and oxygen atoms in total. The zero-order valence-electron chi connectivity index (χ0n) is 22.4. The number of benzene rings is 2. The summed E-state index contributed by atoms with van der Waals surface area (Å²) in [6.45, 7) is 10.2. The van der Waals surface area contributed by atoms with Crippen LogP contribution in [0.15, 0.2) is 45.3 Å². The first-order valence-corrected chi connectivity index (χ1v) is 16.2. The average molecular weight is 696 g/mol. The Morgan fingerprint density at radius 3 is 1.76 bits per heavy atom. The maximum Gasteiger partial charge on any atom is 0.298 e. The van der Waals surface area contributed by atoms with Gasteiger partial charge >= 0.3 is 0 Å². The highest BCUT2D eigenvalue weighted by Gasteiger charge is 2.57. The number of aromatic nitrogens is 4. The molecule has 0 amide bonds. The van der Waals surface area contributed by atoms with Crippen molar-refractivity contribution in [3.8, 4) is 12.0 Å². The van der Waals surface area contributed by atoms with Gasteiger partial charge in [0.05, 0.1) is 48.2 Å². The molecule has 4 aromatic rings. The SMILES string of the molecule is [BH3-][N+]12CCC(CC1)C1(Cn3c(nc4cc(Br)ccc43)O1)C2.[BH3-][N+]12CCC(CC1)C1(Cn3c(nc4ccc(Br)cc43)O1)C2. The van der Waals surface area contributed by atoms with Gasteiger partial charge in [0.1, 0.15) is 0 Å². The second-order valence-corrected chi connectivity index (χ2v) is 14.5. The molecule has 4 bridgehead atoms. The van der Waals surface area contributed by atoms with Gasteiger partial charge in [-0.15, -0.1) is 0 Å². The van der Waals surface area contributed by atoms with Crippen LogP contribution in [0.2, 0.25) is 0 Å². The standard InChI is InChI=1S/2C15H19BBrN3O/c16-20-5-3-10(4-6-20)15(9-20)8-19-13-2-1-11(17)7-12(13)18-14(19)21-15;16-20-5-3-10(4-6-20)15(9-20)8-19-13-7-11(17)1-2-12(13)18-14(19)21-15/h2*1-2,7,10H,3-6,8-9H2,16H3. The molecule has 12 heteroatoms. The summed E-state index contributed by atoms with van der Waals surface area (Å²) in [4.78, 5) is 9.46. The van der Waals surface area contributed by atoms with Crippen molar-refractivity contribution in [1.29, 1.82) is 0 Å². The number of nitrogens with zero attached hydrogens (tertiary/aromatic N) is 6. The summed E-state index contributed by atoms with van der Waals surface area (Å²) < 4.78 is 22.7. The summed E-state index contributed by atoms with van der Waals surface area (Å²) in [5, 5.41) is 0. The molecule has 8 aliphatic rings. The molecule has 2 aromatic carbocycles. The van der Waals surface area contributed by atoms with Crippen LogP contribution in [0.1, 0.15) is 25.7 Å². The lowest BCUT2D eigenvalue weighted by molar-refractivity contribution is -0.845. The monoisotopic (exact) mass is 694 g/mol. The molecule has 220 valence electrons. The molecule has 6 fully saturated rings. The Balaban J connectivity index is 0.000000119. The van der Waals surface area contributed by atoms with Crippen molar-refractivity contribution < 1.29 is 18.3 Å². The highest BCUT2D eigenvalue weighted by Crippen LogP contribution is 2.48. The van der Waals surface area contributed by atoms with Gasteiger partial charge in [0.2, 0.25) is 0 Å². The number of hydrogen-bond donors (Lipinski definition) is 0. The van der Waals surface area contributed by atoms with Crippen molar-refractivity contribution in [2.45, 2.75) is 50.0 Å². The van der Waals surface area contributed by atoms with E-state index in [-0.39, 0.29) is 11.2 Å². The fourth-order valence-corrected chi connectivity index (χ4v) is 9.12. The first kappa shape index (κ1) is 26.4. The van der Waals surface area contributed by atoms with Gasteiger partial charge in [-0.25, -0.2) is 0 Å². The van der Waals surface area contributed by atoms with Gasteiger partial charge in [0.25, 0.3) is 12.0 Å². The molecule has 0 radical (unpaired) electrons. The summed E-state index contributed by atoms with van der Waals surface area (Å²) >= 11 is 7.10. The highest BCUT2D eigenvalue weighted by molar-refractivity contribution is 9.10. The quantitative estimate of drug-likeness (QED) is 0.266. The van der Waals surface area contributed by atoms with E-state index >= 15 is 0 Å². The third-order valence-corrected chi connectivity index (χ3v) is 11.4. The molecule has 2 aromatic heterocycles. The molecule has 0 aliphatic carbocycles. The van der Waals surface area contributed by atoms with Crippen LogP contribution in [0.25, 0.3) is 22.1 Å². The minimum atomic E-state index is 0.0527. The van der Waals surface area contributed by atoms with Gasteiger partial charge in [0, 0.05) is 47.0 Å². The molecule has 10 heterocycles. The number of ether oxygens (including phenoxy) is 2. The summed E-state index contributed by atoms with van der Waals surface area (Å²) in [6.07, 6.45) is 5.43. The second-order valence-electron chi connectivity index (χ2n) is 12.7. The van der Waals surface area contributed by atoms with E-state index in [9.17, 15) is 0 Å². The van der Waals surface area contributed by atoms with Crippen LogP contribution in [0, 0.1) is 11.8 Å². The molecule has 2 spiro atoms. The zero-order valence-corrected chi connectivity index (χ0v) is 25.5. The van der Waals surface area contributed by atoms with Crippen molar-refractivity contribution in [2.24, 2.45) is 11.8 Å². The maximum atomic E-state index is 6.52. The number of quaternary nitrogens is 2. The van der Waals surface area contributed by atoms with Crippen LogP contribution >= 0.6 is 31.9 Å². The number of hydrogen-bond acceptors (Lipinski definition) is 4. The molecule has 2 atom stereocenters. The number of piperidine rings is 6. The van der Waals surface area contributed by atoms with E-state index in [4.69, 9.17) is 19.4 Å². The number of imidazole rings is 2. The van der Waals surface area contributed by atoms with Crippen molar-refractivity contribution in [2.75, 3.05) is 39.3 Å². The summed E-state index contributed by atoms with van der Waals surface area (Å²) in [6, 6.07) is 14.4. The largest absolute Gasteiger partial charge is 0.519 e. The van der Waals surface area contributed by atoms with Crippen molar-refractivity contribution >= 4 is 69.9 Å². The van der Waals surface area contributed by atoms with Gasteiger partial charge in [-0.1, -0.05) is 31.9 Å². The Bertz CT molecular complexity index is 1760. The Kier molecular flexibility index (Phi) is 5.53. The van der Waals surface area contributed by atoms with Crippen LogP contribution in [0.5, 0.6) is 12.0 Å². The minimum Gasteiger partial charge on any atom is -0.519 e. The van der Waals surface area contributed by atoms with E-state index < -0.39 is 0 Å². The number of rotatable bonds is 0. The molecule has 0 saturated carbocycles. The molecular formula is C30H38B2Br2N6O2. The average Bonchev–Trinajstić information content (AvgIpc) is 3.65. The lowest BCUT2D eigenvalue weighted by Crippen LogP contribution is -2.70. The maximum absolute atomic E-state index is 6.52. The zero-order chi connectivity index (χ0) is 28.5. The smallest absolute Gasteiger partial charge is 0.298 e. The summed E-state index contributed by atoms with van der Waals surface area (Å²) in [7, 11) is 0.646. The van der Waals surface area contributed by atoms with Crippen LogP contribution < -0.4 is 9.47 Å². The molecule has 8 aliphatic heterocycles. The fourth-order valence-electron chi connectivity index (χ4n) is 8.42. The van der Waals surface area contributed by atoms with Crippen LogP contribution in [0.4, 0.5) is 0 Å². The van der Waals surface area contributed by atoms with Crippen molar-refractivity contribution in [3.63, 3.8) is 0 Å². The Morgan fingerprint density at radius 1 is 0.690 bits per heavy atom. The minimum absolute atomic E-state index is 0.0527. The molecule has 42 heavy (non-hydrogen) atoms. The Labute approximate surface area is 264 Å². The van der Waals surface area contributed by atoms with E-state index in [1.807, 2.05) is 0 Å². The molecule has 12 rings (SSSR count). The first-order valence-electron chi connectivity index (χ1n) is 14.6. The first-order chi connectivity index (χ1) is 20.1. The predicted molar refractivity (Wildman–Crippen MR) is 177 cm³/mol. The van der Waals surface area contributed by atoms with Crippen LogP contribution in [-0.4, -0.2) is 94.3 Å². The van der Waals surface area contributed by atoms with Gasteiger partial charge in [-0.05, 0) is 62.1 Å².